The van der Waals surface area contributed by atoms with Gasteiger partial charge in [0.15, 0.2) is 0 Å². The molecular weight excluding hydrogens is 254 g/mol. The summed E-state index contributed by atoms with van der Waals surface area (Å²) in [6.07, 6.45) is 0. The fourth-order valence-corrected chi connectivity index (χ4v) is 2.09. The second-order valence-corrected chi connectivity index (χ2v) is 4.43. The Bertz CT molecular complexity index is 750. The summed E-state index contributed by atoms with van der Waals surface area (Å²) in [5.41, 5.74) is 3.20. The zero-order valence-corrected chi connectivity index (χ0v) is 11.0. The van der Waals surface area contributed by atoms with Gasteiger partial charge in [-0.1, -0.05) is 35.5 Å². The van der Waals surface area contributed by atoms with E-state index < -0.39 is 0 Å². The molecule has 100 valence electrons. The number of hydrogen-bond acceptors (Lipinski definition) is 4. The van der Waals surface area contributed by atoms with Crippen molar-refractivity contribution >= 4 is 17.0 Å². The van der Waals surface area contributed by atoms with E-state index in [2.05, 4.69) is 10.3 Å². The molecule has 0 aliphatic rings. The second kappa shape index (κ2) is 5.13. The van der Waals surface area contributed by atoms with Crippen LogP contribution in [0.4, 0.5) is 0 Å². The average Bonchev–Trinajstić information content (AvgIpc) is 2.90. The number of aromatic nitrogens is 3. The van der Waals surface area contributed by atoms with Gasteiger partial charge >= 0.3 is 5.97 Å². The first-order valence-electron chi connectivity index (χ1n) is 6.23. The normalized spacial score (nSPS) is 10.7. The third kappa shape index (κ3) is 2.25. The van der Waals surface area contributed by atoms with Crippen molar-refractivity contribution in [1.82, 2.24) is 15.0 Å². The molecule has 0 fully saturated rings. The molecule has 1 heterocycles. The molecule has 0 N–H and O–H groups in total. The van der Waals surface area contributed by atoms with Crippen molar-refractivity contribution in [1.29, 1.82) is 0 Å². The molecule has 5 nitrogen and oxygen atoms in total. The summed E-state index contributed by atoms with van der Waals surface area (Å²) in [6, 6.07) is 15.3. The molecule has 0 saturated carbocycles. The molecule has 1 aromatic heterocycles. The number of esters is 1. The highest BCUT2D eigenvalue weighted by Gasteiger charge is 2.10. The van der Waals surface area contributed by atoms with Gasteiger partial charge in [-0.05, 0) is 23.8 Å². The number of benzene rings is 2. The summed E-state index contributed by atoms with van der Waals surface area (Å²) in [4.78, 5) is 11.5. The quantitative estimate of drug-likeness (QED) is 0.683. The number of fused-ring (bicyclic) bond motifs is 1. The van der Waals surface area contributed by atoms with Crippen molar-refractivity contribution in [2.75, 3.05) is 7.11 Å². The Morgan fingerprint density at radius 1 is 1.20 bits per heavy atom. The standard InChI is InChI=1S/C15H13N3O2/c1-20-15(19)12-7-8-14-13(9-12)16-17-18(14)10-11-5-3-2-4-6-11/h2-9H,10H2,1H3. The van der Waals surface area contributed by atoms with Crippen molar-refractivity contribution in [2.45, 2.75) is 6.54 Å². The van der Waals surface area contributed by atoms with Crippen molar-refractivity contribution in [2.24, 2.45) is 0 Å². The van der Waals surface area contributed by atoms with Gasteiger partial charge in [0.2, 0.25) is 0 Å². The molecule has 0 bridgehead atoms. The number of carbonyl (C=O) groups is 1. The molecule has 0 aliphatic heterocycles. The van der Waals surface area contributed by atoms with E-state index in [0.717, 1.165) is 11.1 Å². The number of rotatable bonds is 3. The minimum absolute atomic E-state index is 0.371. The predicted molar refractivity (Wildman–Crippen MR) is 74.4 cm³/mol. The predicted octanol–water partition coefficient (Wildman–Crippen LogP) is 2.27. The van der Waals surface area contributed by atoms with Crippen molar-refractivity contribution in [3.05, 3.63) is 59.7 Å². The van der Waals surface area contributed by atoms with Crippen LogP contribution in [0.15, 0.2) is 48.5 Å². The first kappa shape index (κ1) is 12.3. The fourth-order valence-electron chi connectivity index (χ4n) is 2.09. The van der Waals surface area contributed by atoms with Crippen LogP contribution in [0, 0.1) is 0 Å². The summed E-state index contributed by atoms with van der Waals surface area (Å²) in [7, 11) is 1.36. The molecule has 0 spiro atoms. The van der Waals surface area contributed by atoms with E-state index in [-0.39, 0.29) is 5.97 Å². The molecule has 0 aliphatic carbocycles. The van der Waals surface area contributed by atoms with Crippen molar-refractivity contribution in [3.8, 4) is 0 Å². The van der Waals surface area contributed by atoms with Crippen LogP contribution < -0.4 is 0 Å². The summed E-state index contributed by atoms with van der Waals surface area (Å²) >= 11 is 0. The van der Waals surface area contributed by atoms with Gasteiger partial charge in [0, 0.05) is 0 Å². The van der Waals surface area contributed by atoms with E-state index in [1.807, 2.05) is 41.1 Å². The molecule has 3 aromatic rings. The lowest BCUT2D eigenvalue weighted by Gasteiger charge is -2.03. The number of methoxy groups -OCH3 is 1. The van der Waals surface area contributed by atoms with Crippen LogP contribution in [-0.2, 0) is 11.3 Å². The third-order valence-electron chi connectivity index (χ3n) is 3.11. The van der Waals surface area contributed by atoms with E-state index in [1.54, 1.807) is 12.1 Å². The maximum atomic E-state index is 11.5. The van der Waals surface area contributed by atoms with Gasteiger partial charge in [-0.15, -0.1) is 5.10 Å². The van der Waals surface area contributed by atoms with Crippen molar-refractivity contribution in [3.63, 3.8) is 0 Å². The Kier molecular flexibility index (Phi) is 3.16. The van der Waals surface area contributed by atoms with E-state index >= 15 is 0 Å². The van der Waals surface area contributed by atoms with Crippen LogP contribution in [-0.4, -0.2) is 28.1 Å². The lowest BCUT2D eigenvalue weighted by molar-refractivity contribution is 0.0601. The second-order valence-electron chi connectivity index (χ2n) is 4.43. The van der Waals surface area contributed by atoms with E-state index in [4.69, 9.17) is 4.74 Å². The molecule has 0 saturated heterocycles. The van der Waals surface area contributed by atoms with Crippen LogP contribution in [0.2, 0.25) is 0 Å². The summed E-state index contributed by atoms with van der Waals surface area (Å²) in [5, 5.41) is 8.23. The number of nitrogens with zero attached hydrogens (tertiary/aromatic N) is 3. The Morgan fingerprint density at radius 3 is 2.75 bits per heavy atom. The molecule has 20 heavy (non-hydrogen) atoms. The average molecular weight is 267 g/mol. The topological polar surface area (TPSA) is 57.0 Å². The summed E-state index contributed by atoms with van der Waals surface area (Å²) < 4.78 is 6.50. The first-order valence-corrected chi connectivity index (χ1v) is 6.23. The Labute approximate surface area is 115 Å². The lowest BCUT2D eigenvalue weighted by Crippen LogP contribution is -2.02. The number of ether oxygens (including phenoxy) is 1. The lowest BCUT2D eigenvalue weighted by atomic mass is 10.2. The highest BCUT2D eigenvalue weighted by molar-refractivity contribution is 5.93. The van der Waals surface area contributed by atoms with E-state index in [1.165, 1.54) is 7.11 Å². The van der Waals surface area contributed by atoms with Crippen LogP contribution in [0.3, 0.4) is 0 Å². The Hall–Kier alpha value is -2.69. The maximum Gasteiger partial charge on any atom is 0.337 e. The maximum absolute atomic E-state index is 11.5. The molecular formula is C15H13N3O2. The van der Waals surface area contributed by atoms with Gasteiger partial charge in [0.1, 0.15) is 5.52 Å². The van der Waals surface area contributed by atoms with Gasteiger partial charge in [0.05, 0.1) is 24.7 Å². The number of hydrogen-bond donors (Lipinski definition) is 0. The zero-order chi connectivity index (χ0) is 13.9. The molecule has 5 heteroatoms. The highest BCUT2D eigenvalue weighted by atomic mass is 16.5. The van der Waals surface area contributed by atoms with Gasteiger partial charge in [0.25, 0.3) is 0 Å². The van der Waals surface area contributed by atoms with Crippen molar-refractivity contribution < 1.29 is 9.53 Å². The zero-order valence-electron chi connectivity index (χ0n) is 11.0. The highest BCUT2D eigenvalue weighted by Crippen LogP contribution is 2.15. The van der Waals surface area contributed by atoms with Crippen LogP contribution in [0.5, 0.6) is 0 Å². The molecule has 0 unspecified atom stereocenters. The van der Waals surface area contributed by atoms with Crippen LogP contribution in [0.25, 0.3) is 11.0 Å². The van der Waals surface area contributed by atoms with Gasteiger partial charge < -0.3 is 4.74 Å². The van der Waals surface area contributed by atoms with Crippen LogP contribution in [0.1, 0.15) is 15.9 Å². The molecule has 0 radical (unpaired) electrons. The third-order valence-corrected chi connectivity index (χ3v) is 3.11. The molecule has 0 amide bonds. The van der Waals surface area contributed by atoms with E-state index in [0.29, 0.717) is 17.6 Å². The van der Waals surface area contributed by atoms with Gasteiger partial charge in [-0.3, -0.25) is 0 Å². The smallest absolute Gasteiger partial charge is 0.337 e. The van der Waals surface area contributed by atoms with Gasteiger partial charge in [-0.25, -0.2) is 9.48 Å². The first-order chi connectivity index (χ1) is 9.78. The number of carbonyl (C=O) groups excluding carboxylic acids is 1. The van der Waals surface area contributed by atoms with Gasteiger partial charge in [-0.2, -0.15) is 0 Å². The SMILES string of the molecule is COC(=O)c1ccc2c(c1)nnn2Cc1ccccc1. The summed E-state index contributed by atoms with van der Waals surface area (Å²) in [6.45, 7) is 0.648. The Morgan fingerprint density at radius 2 is 2.00 bits per heavy atom. The van der Waals surface area contributed by atoms with E-state index in [9.17, 15) is 4.79 Å². The molecule has 3 rings (SSSR count). The van der Waals surface area contributed by atoms with Crippen LogP contribution >= 0.6 is 0 Å². The molecule has 2 aromatic carbocycles. The Balaban J connectivity index is 1.96. The minimum Gasteiger partial charge on any atom is -0.465 e. The largest absolute Gasteiger partial charge is 0.465 e. The molecule has 0 atom stereocenters. The monoisotopic (exact) mass is 267 g/mol. The summed E-state index contributed by atoms with van der Waals surface area (Å²) in [5.74, 6) is -0.371. The minimum atomic E-state index is -0.371. The fraction of sp³-hybridized carbons (Fsp3) is 0.133.